The van der Waals surface area contributed by atoms with Crippen LogP contribution < -0.4 is 5.56 Å². The van der Waals surface area contributed by atoms with Gasteiger partial charge in [-0.2, -0.15) is 9.78 Å². The Kier molecular flexibility index (Phi) is 4.26. The molecular formula is C17H13ClN2O3S. The zero-order chi connectivity index (χ0) is 17.3. The first-order valence-corrected chi connectivity index (χ1v) is 9.27. The van der Waals surface area contributed by atoms with Crippen molar-refractivity contribution < 1.29 is 8.42 Å². The van der Waals surface area contributed by atoms with Crippen LogP contribution in [-0.2, 0) is 9.84 Å². The molecule has 0 saturated heterocycles. The normalized spacial score (nSPS) is 11.4. The average molecular weight is 361 g/mol. The van der Waals surface area contributed by atoms with Crippen LogP contribution in [0, 0.1) is 0 Å². The summed E-state index contributed by atoms with van der Waals surface area (Å²) in [4.78, 5) is 12.5. The Bertz CT molecular complexity index is 1040. The Balaban J connectivity index is 1.98. The van der Waals surface area contributed by atoms with Crippen LogP contribution in [0.4, 0.5) is 0 Å². The molecule has 0 bridgehead atoms. The average Bonchev–Trinajstić information content (AvgIpc) is 2.55. The van der Waals surface area contributed by atoms with E-state index < -0.39 is 9.84 Å². The van der Waals surface area contributed by atoms with Crippen molar-refractivity contribution in [3.63, 3.8) is 0 Å². The minimum atomic E-state index is -3.25. The van der Waals surface area contributed by atoms with Gasteiger partial charge in [-0.05, 0) is 42.0 Å². The second kappa shape index (κ2) is 6.22. The van der Waals surface area contributed by atoms with E-state index in [1.165, 1.54) is 22.9 Å². The lowest BCUT2D eigenvalue weighted by Gasteiger charge is -2.07. The number of nitrogens with zero attached hydrogens (tertiary/aromatic N) is 2. The fourth-order valence-electron chi connectivity index (χ4n) is 2.24. The van der Waals surface area contributed by atoms with Crippen LogP contribution in [0.3, 0.4) is 0 Å². The van der Waals surface area contributed by atoms with Crippen LogP contribution in [0.5, 0.6) is 0 Å². The number of sulfone groups is 1. The predicted molar refractivity (Wildman–Crippen MR) is 93.4 cm³/mol. The van der Waals surface area contributed by atoms with Gasteiger partial charge in [-0.25, -0.2) is 8.42 Å². The van der Waals surface area contributed by atoms with E-state index in [9.17, 15) is 13.2 Å². The molecule has 2 aromatic carbocycles. The lowest BCUT2D eigenvalue weighted by atomic mass is 10.1. The molecule has 0 aliphatic carbocycles. The number of hydrogen-bond acceptors (Lipinski definition) is 4. The highest BCUT2D eigenvalue weighted by Crippen LogP contribution is 2.20. The van der Waals surface area contributed by atoms with Gasteiger partial charge in [0.2, 0.25) is 0 Å². The monoisotopic (exact) mass is 360 g/mol. The van der Waals surface area contributed by atoms with Gasteiger partial charge in [-0.15, -0.1) is 0 Å². The number of aromatic nitrogens is 2. The van der Waals surface area contributed by atoms with Crippen LogP contribution in [-0.4, -0.2) is 24.5 Å². The zero-order valence-corrected chi connectivity index (χ0v) is 14.3. The lowest BCUT2D eigenvalue weighted by molar-refractivity contribution is 0.602. The van der Waals surface area contributed by atoms with Gasteiger partial charge < -0.3 is 0 Å². The molecule has 7 heteroatoms. The van der Waals surface area contributed by atoms with E-state index in [-0.39, 0.29) is 10.5 Å². The minimum Gasteiger partial charge on any atom is -0.267 e. The standard InChI is InChI=1S/C17H13ClN2O3S/c1-24(22,23)16-8-2-12(3-9-16)13-10-17(21)20(19-11-13)15-6-4-14(18)5-7-15/h2-11H,1H3. The van der Waals surface area contributed by atoms with E-state index in [4.69, 9.17) is 11.6 Å². The summed E-state index contributed by atoms with van der Waals surface area (Å²) < 4.78 is 24.2. The van der Waals surface area contributed by atoms with Gasteiger partial charge >= 0.3 is 0 Å². The fraction of sp³-hybridized carbons (Fsp3) is 0.0588. The molecule has 0 aliphatic heterocycles. The van der Waals surface area contributed by atoms with Gasteiger partial charge in [0, 0.05) is 22.9 Å². The fourth-order valence-corrected chi connectivity index (χ4v) is 2.99. The van der Waals surface area contributed by atoms with Crippen molar-refractivity contribution in [3.05, 3.63) is 76.2 Å². The molecule has 1 heterocycles. The van der Waals surface area contributed by atoms with Crippen molar-refractivity contribution >= 4 is 21.4 Å². The number of rotatable bonds is 3. The summed E-state index contributed by atoms with van der Waals surface area (Å²) in [5, 5.41) is 4.75. The van der Waals surface area contributed by atoms with Gasteiger partial charge in [0.15, 0.2) is 9.84 Å². The largest absolute Gasteiger partial charge is 0.272 e. The quantitative estimate of drug-likeness (QED) is 0.720. The highest BCUT2D eigenvalue weighted by Gasteiger charge is 2.08. The van der Waals surface area contributed by atoms with Crippen molar-refractivity contribution in [3.8, 4) is 16.8 Å². The Labute approximate surface area is 144 Å². The first-order chi connectivity index (χ1) is 11.3. The molecule has 0 saturated carbocycles. The molecule has 0 radical (unpaired) electrons. The van der Waals surface area contributed by atoms with Crippen molar-refractivity contribution in [1.82, 2.24) is 9.78 Å². The molecule has 0 aliphatic rings. The number of halogens is 1. The first-order valence-electron chi connectivity index (χ1n) is 7.00. The number of benzene rings is 2. The molecule has 0 unspecified atom stereocenters. The minimum absolute atomic E-state index is 0.230. The summed E-state index contributed by atoms with van der Waals surface area (Å²) in [5.41, 5.74) is 1.66. The van der Waals surface area contributed by atoms with Crippen LogP contribution in [0.1, 0.15) is 0 Å². The molecule has 1 aromatic heterocycles. The second-order valence-corrected chi connectivity index (χ2v) is 7.72. The first kappa shape index (κ1) is 16.4. The van der Waals surface area contributed by atoms with Gasteiger partial charge in [0.25, 0.3) is 5.56 Å². The lowest BCUT2D eigenvalue weighted by Crippen LogP contribution is -2.19. The molecule has 0 spiro atoms. The third-order valence-corrected chi connectivity index (χ3v) is 4.87. The Hall–Kier alpha value is -2.44. The zero-order valence-electron chi connectivity index (χ0n) is 12.7. The van der Waals surface area contributed by atoms with Crippen LogP contribution in [0.15, 0.2) is 70.5 Å². The molecule has 0 amide bonds. The van der Waals surface area contributed by atoms with Crippen LogP contribution >= 0.6 is 11.6 Å². The highest BCUT2D eigenvalue weighted by molar-refractivity contribution is 7.90. The molecule has 122 valence electrons. The van der Waals surface area contributed by atoms with E-state index in [0.29, 0.717) is 16.3 Å². The second-order valence-electron chi connectivity index (χ2n) is 5.27. The van der Waals surface area contributed by atoms with Crippen molar-refractivity contribution in [2.75, 3.05) is 6.26 Å². The van der Waals surface area contributed by atoms with Crippen LogP contribution in [0.2, 0.25) is 5.02 Å². The molecule has 5 nitrogen and oxygen atoms in total. The summed E-state index contributed by atoms with van der Waals surface area (Å²) in [6, 6.07) is 14.6. The van der Waals surface area contributed by atoms with E-state index in [1.54, 1.807) is 42.6 Å². The molecule has 0 atom stereocenters. The molecule has 3 aromatic rings. The molecule has 24 heavy (non-hydrogen) atoms. The Morgan fingerprint density at radius 2 is 1.58 bits per heavy atom. The van der Waals surface area contributed by atoms with E-state index in [1.807, 2.05) is 0 Å². The predicted octanol–water partition coefficient (Wildman–Crippen LogP) is 2.96. The third-order valence-electron chi connectivity index (χ3n) is 3.49. The number of hydrogen-bond donors (Lipinski definition) is 0. The Morgan fingerprint density at radius 3 is 2.12 bits per heavy atom. The van der Waals surface area contributed by atoms with E-state index >= 15 is 0 Å². The topological polar surface area (TPSA) is 69.0 Å². The van der Waals surface area contributed by atoms with E-state index in [0.717, 1.165) is 11.8 Å². The van der Waals surface area contributed by atoms with Crippen molar-refractivity contribution in [2.24, 2.45) is 0 Å². The van der Waals surface area contributed by atoms with Gasteiger partial charge in [0.1, 0.15) is 0 Å². The van der Waals surface area contributed by atoms with Crippen molar-refractivity contribution in [1.29, 1.82) is 0 Å². The highest BCUT2D eigenvalue weighted by atomic mass is 35.5. The van der Waals surface area contributed by atoms with Gasteiger partial charge in [-0.3, -0.25) is 4.79 Å². The summed E-state index contributed by atoms with van der Waals surface area (Å²) in [6.07, 6.45) is 2.71. The van der Waals surface area contributed by atoms with Gasteiger partial charge in [-0.1, -0.05) is 23.7 Å². The van der Waals surface area contributed by atoms with E-state index in [2.05, 4.69) is 5.10 Å². The summed E-state index contributed by atoms with van der Waals surface area (Å²) in [6.45, 7) is 0. The smallest absolute Gasteiger partial charge is 0.267 e. The summed E-state index contributed by atoms with van der Waals surface area (Å²) in [7, 11) is -3.25. The molecule has 0 fully saturated rings. The Morgan fingerprint density at radius 1 is 0.958 bits per heavy atom. The maximum Gasteiger partial charge on any atom is 0.272 e. The maximum absolute atomic E-state index is 12.3. The SMILES string of the molecule is CS(=O)(=O)c1ccc(-c2cnn(-c3ccc(Cl)cc3)c(=O)c2)cc1. The maximum atomic E-state index is 12.3. The third kappa shape index (κ3) is 3.39. The summed E-state index contributed by atoms with van der Waals surface area (Å²) in [5.74, 6) is 0. The summed E-state index contributed by atoms with van der Waals surface area (Å²) >= 11 is 5.84. The van der Waals surface area contributed by atoms with Crippen molar-refractivity contribution in [2.45, 2.75) is 4.90 Å². The molecule has 0 N–H and O–H groups in total. The molecular weight excluding hydrogens is 348 g/mol. The van der Waals surface area contributed by atoms with Crippen LogP contribution in [0.25, 0.3) is 16.8 Å². The molecule has 3 rings (SSSR count). The van der Waals surface area contributed by atoms with Gasteiger partial charge in [0.05, 0.1) is 16.8 Å².